The predicted octanol–water partition coefficient (Wildman–Crippen LogP) is 3.43. The maximum Gasteiger partial charge on any atom is 0.415 e. The molecule has 0 aliphatic rings. The molecule has 94 valence electrons. The van der Waals surface area contributed by atoms with Crippen LogP contribution in [0.15, 0.2) is 17.0 Å². The maximum atomic E-state index is 11.8. The van der Waals surface area contributed by atoms with E-state index in [-0.39, 0.29) is 6.09 Å². The Morgan fingerprint density at radius 3 is 2.35 bits per heavy atom. The number of aryl methyl sites for hydroxylation is 2. The minimum Gasteiger partial charge on any atom is -0.410 e. The Labute approximate surface area is 108 Å². The van der Waals surface area contributed by atoms with Crippen molar-refractivity contribution in [1.29, 1.82) is 0 Å². The van der Waals surface area contributed by atoms with Crippen LogP contribution < -0.4 is 4.74 Å². The molecule has 0 saturated heterocycles. The first-order chi connectivity index (χ1) is 7.99. The summed E-state index contributed by atoms with van der Waals surface area (Å²) in [6.07, 6.45) is -0.310. The van der Waals surface area contributed by atoms with Gasteiger partial charge in [0.05, 0.1) is 0 Å². The molecule has 1 amide bonds. The second-order valence-corrected chi connectivity index (χ2v) is 4.43. The van der Waals surface area contributed by atoms with Crippen LogP contribution >= 0.6 is 12.6 Å². The van der Waals surface area contributed by atoms with E-state index in [1.807, 2.05) is 33.8 Å². The third-order valence-electron chi connectivity index (χ3n) is 2.71. The molecule has 0 saturated carbocycles. The molecule has 1 aromatic rings. The average molecular weight is 253 g/mol. The van der Waals surface area contributed by atoms with Gasteiger partial charge in [0, 0.05) is 18.0 Å². The van der Waals surface area contributed by atoms with Crippen molar-refractivity contribution in [1.82, 2.24) is 4.90 Å². The Hall–Kier alpha value is -1.16. The fourth-order valence-corrected chi connectivity index (χ4v) is 1.75. The number of hydrogen-bond donors (Lipinski definition) is 1. The zero-order valence-electron chi connectivity index (χ0n) is 10.8. The zero-order chi connectivity index (χ0) is 13.0. The third kappa shape index (κ3) is 3.40. The highest BCUT2D eigenvalue weighted by molar-refractivity contribution is 7.80. The summed E-state index contributed by atoms with van der Waals surface area (Å²) < 4.78 is 5.36. The normalized spacial score (nSPS) is 10.2. The highest BCUT2D eigenvalue weighted by Crippen LogP contribution is 2.25. The highest BCUT2D eigenvalue weighted by Gasteiger charge is 2.13. The summed E-state index contributed by atoms with van der Waals surface area (Å²) in [7, 11) is 0. The number of benzene rings is 1. The zero-order valence-corrected chi connectivity index (χ0v) is 11.7. The average Bonchev–Trinajstić information content (AvgIpc) is 2.27. The second-order valence-electron chi connectivity index (χ2n) is 3.94. The Morgan fingerprint density at radius 1 is 1.24 bits per heavy atom. The van der Waals surface area contributed by atoms with E-state index in [0.717, 1.165) is 16.0 Å². The molecule has 0 fully saturated rings. The molecular weight excluding hydrogens is 234 g/mol. The van der Waals surface area contributed by atoms with Crippen molar-refractivity contribution < 1.29 is 9.53 Å². The minimum atomic E-state index is -0.310. The number of thiol groups is 1. The molecule has 0 radical (unpaired) electrons. The lowest BCUT2D eigenvalue weighted by Crippen LogP contribution is -2.33. The van der Waals surface area contributed by atoms with E-state index in [9.17, 15) is 4.79 Å². The van der Waals surface area contributed by atoms with E-state index in [0.29, 0.717) is 18.8 Å². The van der Waals surface area contributed by atoms with E-state index >= 15 is 0 Å². The summed E-state index contributed by atoms with van der Waals surface area (Å²) in [6, 6.07) is 3.75. The van der Waals surface area contributed by atoms with Gasteiger partial charge in [-0.2, -0.15) is 0 Å². The molecule has 0 aliphatic heterocycles. The number of ether oxygens (including phenoxy) is 1. The first-order valence-electron chi connectivity index (χ1n) is 5.76. The first-order valence-corrected chi connectivity index (χ1v) is 6.21. The molecule has 0 heterocycles. The van der Waals surface area contributed by atoms with Crippen molar-refractivity contribution in [2.24, 2.45) is 0 Å². The van der Waals surface area contributed by atoms with Gasteiger partial charge in [0.2, 0.25) is 0 Å². The van der Waals surface area contributed by atoms with Crippen LogP contribution in [0.5, 0.6) is 5.75 Å². The molecule has 0 aliphatic carbocycles. The molecule has 1 rings (SSSR count). The lowest BCUT2D eigenvalue weighted by atomic mass is 10.1. The van der Waals surface area contributed by atoms with Gasteiger partial charge in [-0.3, -0.25) is 0 Å². The summed E-state index contributed by atoms with van der Waals surface area (Å²) in [6.45, 7) is 9.05. The van der Waals surface area contributed by atoms with Gasteiger partial charge in [-0.15, -0.1) is 12.6 Å². The quantitative estimate of drug-likeness (QED) is 0.836. The second kappa shape index (κ2) is 5.96. The summed E-state index contributed by atoms with van der Waals surface area (Å²) in [5.74, 6) is 0.581. The van der Waals surface area contributed by atoms with Crippen LogP contribution in [0.2, 0.25) is 0 Å². The van der Waals surface area contributed by atoms with Gasteiger partial charge in [0.25, 0.3) is 0 Å². The first kappa shape index (κ1) is 13.9. The molecule has 0 bridgehead atoms. The standard InChI is InChI=1S/C13H19NO2S/c1-5-14(6-2)13(15)16-11-8-12(17)10(4)7-9(11)3/h7-8,17H,5-6H2,1-4H3. The smallest absolute Gasteiger partial charge is 0.410 e. The van der Waals surface area contributed by atoms with E-state index in [1.54, 1.807) is 11.0 Å². The Kier molecular flexibility index (Phi) is 4.87. The van der Waals surface area contributed by atoms with Crippen LogP contribution in [0.4, 0.5) is 4.79 Å². The van der Waals surface area contributed by atoms with E-state index < -0.39 is 0 Å². The molecule has 0 aromatic heterocycles. The van der Waals surface area contributed by atoms with E-state index in [1.165, 1.54) is 0 Å². The molecule has 0 spiro atoms. The predicted molar refractivity (Wildman–Crippen MR) is 72.1 cm³/mol. The van der Waals surface area contributed by atoms with Crippen LogP contribution in [0, 0.1) is 13.8 Å². The fourth-order valence-electron chi connectivity index (χ4n) is 1.57. The molecule has 1 aromatic carbocycles. The van der Waals surface area contributed by atoms with Gasteiger partial charge in [0.15, 0.2) is 0 Å². The summed E-state index contributed by atoms with van der Waals surface area (Å²) in [5, 5.41) is 0. The lowest BCUT2D eigenvalue weighted by Gasteiger charge is -2.19. The van der Waals surface area contributed by atoms with Crippen LogP contribution in [-0.4, -0.2) is 24.1 Å². The van der Waals surface area contributed by atoms with Gasteiger partial charge >= 0.3 is 6.09 Å². The molecular formula is C13H19NO2S. The molecule has 0 N–H and O–H groups in total. The lowest BCUT2D eigenvalue weighted by molar-refractivity contribution is 0.157. The minimum absolute atomic E-state index is 0.310. The number of carbonyl (C=O) groups excluding carboxylic acids is 1. The van der Waals surface area contributed by atoms with Crippen LogP contribution in [0.25, 0.3) is 0 Å². The van der Waals surface area contributed by atoms with Gasteiger partial charge in [-0.1, -0.05) is 6.07 Å². The van der Waals surface area contributed by atoms with E-state index in [4.69, 9.17) is 4.74 Å². The molecule has 0 unspecified atom stereocenters. The van der Waals surface area contributed by atoms with Crippen LogP contribution in [0.3, 0.4) is 0 Å². The van der Waals surface area contributed by atoms with Crippen molar-refractivity contribution in [2.45, 2.75) is 32.6 Å². The largest absolute Gasteiger partial charge is 0.415 e. The summed E-state index contributed by atoms with van der Waals surface area (Å²) in [4.78, 5) is 14.3. The number of amides is 1. The highest BCUT2D eigenvalue weighted by atomic mass is 32.1. The molecule has 4 heteroatoms. The van der Waals surface area contributed by atoms with Gasteiger partial charge in [-0.05, 0) is 44.9 Å². The number of nitrogens with zero attached hydrogens (tertiary/aromatic N) is 1. The van der Waals surface area contributed by atoms with Crippen molar-refractivity contribution in [3.05, 3.63) is 23.3 Å². The fraction of sp³-hybridized carbons (Fsp3) is 0.462. The number of rotatable bonds is 3. The van der Waals surface area contributed by atoms with Gasteiger partial charge in [0.1, 0.15) is 5.75 Å². The van der Waals surface area contributed by atoms with Crippen LogP contribution in [-0.2, 0) is 0 Å². The molecule has 3 nitrogen and oxygen atoms in total. The van der Waals surface area contributed by atoms with Gasteiger partial charge in [-0.25, -0.2) is 4.79 Å². The summed E-state index contributed by atoms with van der Waals surface area (Å²) >= 11 is 4.33. The number of hydrogen-bond acceptors (Lipinski definition) is 3. The monoisotopic (exact) mass is 253 g/mol. The topological polar surface area (TPSA) is 29.5 Å². The van der Waals surface area contributed by atoms with Crippen molar-refractivity contribution in [2.75, 3.05) is 13.1 Å². The van der Waals surface area contributed by atoms with E-state index in [2.05, 4.69) is 12.6 Å². The van der Waals surface area contributed by atoms with Crippen molar-refractivity contribution >= 4 is 18.7 Å². The van der Waals surface area contributed by atoms with Crippen LogP contribution in [0.1, 0.15) is 25.0 Å². The SMILES string of the molecule is CCN(CC)C(=O)Oc1cc(S)c(C)cc1C. The molecule has 17 heavy (non-hydrogen) atoms. The Bertz CT molecular complexity index is 414. The van der Waals surface area contributed by atoms with Crippen molar-refractivity contribution in [3.8, 4) is 5.75 Å². The van der Waals surface area contributed by atoms with Gasteiger partial charge < -0.3 is 9.64 Å². The maximum absolute atomic E-state index is 11.8. The number of carbonyl (C=O) groups is 1. The molecule has 0 atom stereocenters. The summed E-state index contributed by atoms with van der Waals surface area (Å²) in [5.41, 5.74) is 2.02. The van der Waals surface area contributed by atoms with Crippen molar-refractivity contribution in [3.63, 3.8) is 0 Å². The third-order valence-corrected chi connectivity index (χ3v) is 3.19. The Balaban J connectivity index is 2.88. The Morgan fingerprint density at radius 2 is 1.82 bits per heavy atom.